The van der Waals surface area contributed by atoms with E-state index in [4.69, 9.17) is 12.2 Å². The molecule has 2 aliphatic rings. The van der Waals surface area contributed by atoms with E-state index in [1.807, 2.05) is 11.8 Å². The van der Waals surface area contributed by atoms with Crippen LogP contribution in [0.3, 0.4) is 0 Å². The second kappa shape index (κ2) is 4.86. The summed E-state index contributed by atoms with van der Waals surface area (Å²) in [6.45, 7) is 1.03. The summed E-state index contributed by atoms with van der Waals surface area (Å²) in [5.74, 6) is 1.18. The Morgan fingerprint density at radius 1 is 1.35 bits per heavy atom. The molecule has 1 saturated carbocycles. The summed E-state index contributed by atoms with van der Waals surface area (Å²) in [5.41, 5.74) is 1.27. The van der Waals surface area contributed by atoms with Crippen LogP contribution >= 0.6 is 24.0 Å². The SMILES string of the molecule is S=C(NC1CC1)N1CCCSc2ccccc21. The molecule has 17 heavy (non-hydrogen) atoms. The standard InChI is InChI=1S/C13H16N2S2/c16-13(14-10-6-7-10)15-8-3-9-17-12-5-2-1-4-11(12)15/h1-2,4-5,10H,3,6-9H2,(H,14,16). The normalized spacial score (nSPS) is 19.4. The average Bonchev–Trinajstić information content (AvgIpc) is 3.14. The van der Waals surface area contributed by atoms with Gasteiger partial charge in [-0.05, 0) is 49.4 Å². The monoisotopic (exact) mass is 264 g/mol. The second-order valence-electron chi connectivity index (χ2n) is 4.55. The lowest BCUT2D eigenvalue weighted by Gasteiger charge is -2.25. The number of thioether (sulfide) groups is 1. The van der Waals surface area contributed by atoms with Crippen molar-refractivity contribution in [2.45, 2.75) is 30.2 Å². The zero-order chi connectivity index (χ0) is 11.7. The molecule has 0 bridgehead atoms. The van der Waals surface area contributed by atoms with Crippen molar-refractivity contribution in [3.05, 3.63) is 24.3 Å². The minimum absolute atomic E-state index is 0.630. The van der Waals surface area contributed by atoms with Crippen molar-refractivity contribution in [1.82, 2.24) is 5.32 Å². The number of benzene rings is 1. The highest BCUT2D eigenvalue weighted by atomic mass is 32.2. The van der Waals surface area contributed by atoms with E-state index in [9.17, 15) is 0 Å². The third kappa shape index (κ3) is 2.58. The van der Waals surface area contributed by atoms with E-state index >= 15 is 0 Å². The van der Waals surface area contributed by atoms with Gasteiger partial charge in [0.05, 0.1) is 5.69 Å². The fourth-order valence-electron chi connectivity index (χ4n) is 2.02. The van der Waals surface area contributed by atoms with Crippen molar-refractivity contribution in [3.63, 3.8) is 0 Å². The van der Waals surface area contributed by atoms with Crippen LogP contribution in [0.15, 0.2) is 29.2 Å². The Kier molecular flexibility index (Phi) is 3.25. The van der Waals surface area contributed by atoms with Crippen LogP contribution in [0.1, 0.15) is 19.3 Å². The van der Waals surface area contributed by atoms with Gasteiger partial charge in [0.25, 0.3) is 0 Å². The predicted molar refractivity (Wildman–Crippen MR) is 77.9 cm³/mol. The van der Waals surface area contributed by atoms with Crippen LogP contribution in [0.5, 0.6) is 0 Å². The number of fused-ring (bicyclic) bond motifs is 1. The van der Waals surface area contributed by atoms with Gasteiger partial charge in [-0.15, -0.1) is 11.8 Å². The Bertz CT molecular complexity index is 429. The summed E-state index contributed by atoms with van der Waals surface area (Å²) in [4.78, 5) is 3.62. The molecule has 1 fully saturated rings. The molecule has 0 saturated heterocycles. The van der Waals surface area contributed by atoms with Gasteiger partial charge in [0.2, 0.25) is 0 Å². The van der Waals surface area contributed by atoms with Crippen LogP contribution < -0.4 is 10.2 Å². The Morgan fingerprint density at radius 3 is 3.00 bits per heavy atom. The number of para-hydroxylation sites is 1. The molecule has 0 atom stereocenters. The smallest absolute Gasteiger partial charge is 0.173 e. The fourth-order valence-corrected chi connectivity index (χ4v) is 3.37. The summed E-state index contributed by atoms with van der Waals surface area (Å²) in [7, 11) is 0. The molecule has 1 aliphatic carbocycles. The number of hydrogen-bond donors (Lipinski definition) is 1. The molecule has 0 spiro atoms. The largest absolute Gasteiger partial charge is 0.360 e. The van der Waals surface area contributed by atoms with Crippen LogP contribution in [0, 0.1) is 0 Å². The summed E-state index contributed by atoms with van der Waals surface area (Å²) in [6.07, 6.45) is 3.72. The molecule has 4 heteroatoms. The number of thiocarbonyl (C=S) groups is 1. The Morgan fingerprint density at radius 2 is 2.18 bits per heavy atom. The third-order valence-electron chi connectivity index (χ3n) is 3.09. The fraction of sp³-hybridized carbons (Fsp3) is 0.462. The van der Waals surface area contributed by atoms with Gasteiger partial charge in [0.15, 0.2) is 5.11 Å². The van der Waals surface area contributed by atoms with E-state index in [-0.39, 0.29) is 0 Å². The molecule has 3 rings (SSSR count). The van der Waals surface area contributed by atoms with E-state index in [0.717, 1.165) is 11.7 Å². The third-order valence-corrected chi connectivity index (χ3v) is 4.58. The molecule has 1 aliphatic heterocycles. The minimum atomic E-state index is 0.630. The van der Waals surface area contributed by atoms with Crippen molar-refractivity contribution in [1.29, 1.82) is 0 Å². The van der Waals surface area contributed by atoms with Crippen LogP contribution in [0.4, 0.5) is 5.69 Å². The molecule has 0 amide bonds. The molecule has 1 aromatic rings. The molecule has 0 radical (unpaired) electrons. The lowest BCUT2D eigenvalue weighted by atomic mass is 10.3. The van der Waals surface area contributed by atoms with E-state index < -0.39 is 0 Å². The van der Waals surface area contributed by atoms with E-state index in [0.29, 0.717) is 6.04 Å². The first-order valence-electron chi connectivity index (χ1n) is 6.14. The van der Waals surface area contributed by atoms with Gasteiger partial charge in [-0.25, -0.2) is 0 Å². The Labute approximate surface area is 112 Å². The Hall–Kier alpha value is -0.740. The number of nitrogens with one attached hydrogen (secondary N) is 1. The number of hydrogen-bond acceptors (Lipinski definition) is 2. The van der Waals surface area contributed by atoms with Crippen LogP contribution in [0.25, 0.3) is 0 Å². The van der Waals surface area contributed by atoms with Crippen LogP contribution in [-0.2, 0) is 0 Å². The summed E-state index contributed by atoms with van der Waals surface area (Å²) >= 11 is 7.47. The maximum Gasteiger partial charge on any atom is 0.173 e. The maximum absolute atomic E-state index is 5.53. The van der Waals surface area contributed by atoms with Gasteiger partial charge >= 0.3 is 0 Å². The van der Waals surface area contributed by atoms with Crippen LogP contribution in [-0.4, -0.2) is 23.5 Å². The number of anilines is 1. The van der Waals surface area contributed by atoms with Crippen molar-refractivity contribution < 1.29 is 0 Å². The highest BCUT2D eigenvalue weighted by molar-refractivity contribution is 7.99. The quantitative estimate of drug-likeness (QED) is 0.784. The highest BCUT2D eigenvalue weighted by Crippen LogP contribution is 2.33. The molecular weight excluding hydrogens is 248 g/mol. The lowest BCUT2D eigenvalue weighted by Crippen LogP contribution is -2.41. The first-order chi connectivity index (χ1) is 8.34. The summed E-state index contributed by atoms with van der Waals surface area (Å²) < 4.78 is 0. The number of nitrogens with zero attached hydrogens (tertiary/aromatic N) is 1. The molecule has 1 aromatic carbocycles. The van der Waals surface area contributed by atoms with Gasteiger partial charge in [-0.3, -0.25) is 0 Å². The minimum Gasteiger partial charge on any atom is -0.360 e. The second-order valence-corrected chi connectivity index (χ2v) is 6.07. The molecule has 90 valence electrons. The highest BCUT2D eigenvalue weighted by Gasteiger charge is 2.25. The van der Waals surface area contributed by atoms with E-state index in [2.05, 4.69) is 34.5 Å². The van der Waals surface area contributed by atoms with Crippen molar-refractivity contribution >= 4 is 34.8 Å². The van der Waals surface area contributed by atoms with Crippen molar-refractivity contribution in [2.75, 3.05) is 17.2 Å². The summed E-state index contributed by atoms with van der Waals surface area (Å²) in [5, 5.41) is 4.35. The maximum atomic E-state index is 5.53. The van der Waals surface area contributed by atoms with Gasteiger partial charge in [-0.1, -0.05) is 12.1 Å². The van der Waals surface area contributed by atoms with E-state index in [1.165, 1.54) is 35.6 Å². The zero-order valence-corrected chi connectivity index (χ0v) is 11.3. The topological polar surface area (TPSA) is 15.3 Å². The van der Waals surface area contributed by atoms with Crippen LogP contribution in [0.2, 0.25) is 0 Å². The average molecular weight is 264 g/mol. The predicted octanol–water partition coefficient (Wildman–Crippen LogP) is 3.03. The Balaban J connectivity index is 1.85. The van der Waals surface area contributed by atoms with Gasteiger partial charge < -0.3 is 10.2 Å². The number of rotatable bonds is 1. The molecular formula is C13H16N2S2. The van der Waals surface area contributed by atoms with Crippen molar-refractivity contribution in [2.24, 2.45) is 0 Å². The molecule has 1 heterocycles. The summed E-state index contributed by atoms with van der Waals surface area (Å²) in [6, 6.07) is 9.20. The van der Waals surface area contributed by atoms with E-state index in [1.54, 1.807) is 0 Å². The molecule has 1 N–H and O–H groups in total. The van der Waals surface area contributed by atoms with Gasteiger partial charge in [0, 0.05) is 17.5 Å². The van der Waals surface area contributed by atoms with Gasteiger partial charge in [0.1, 0.15) is 0 Å². The first-order valence-corrected chi connectivity index (χ1v) is 7.54. The van der Waals surface area contributed by atoms with Gasteiger partial charge in [-0.2, -0.15) is 0 Å². The molecule has 2 nitrogen and oxygen atoms in total. The van der Waals surface area contributed by atoms with Crippen molar-refractivity contribution in [3.8, 4) is 0 Å². The lowest BCUT2D eigenvalue weighted by molar-refractivity contribution is 0.852. The molecule has 0 unspecified atom stereocenters. The first kappa shape index (κ1) is 11.4. The zero-order valence-electron chi connectivity index (χ0n) is 9.69. The molecule has 0 aromatic heterocycles.